The highest BCUT2D eigenvalue weighted by atomic mass is 35.5. The maximum absolute atomic E-state index is 15.8. The predicted molar refractivity (Wildman–Crippen MR) is 126 cm³/mol. The molecule has 0 amide bonds. The Bertz CT molecular complexity index is 1240. The van der Waals surface area contributed by atoms with Crippen molar-refractivity contribution < 1.29 is 4.39 Å². The molecule has 3 aromatic heterocycles. The first-order valence-electron chi connectivity index (χ1n) is 11.1. The van der Waals surface area contributed by atoms with Crippen molar-refractivity contribution in [2.24, 2.45) is 16.8 Å². The van der Waals surface area contributed by atoms with Crippen LogP contribution in [0.15, 0.2) is 35.3 Å². The Morgan fingerprint density at radius 3 is 2.78 bits per heavy atom. The van der Waals surface area contributed by atoms with Gasteiger partial charge >= 0.3 is 0 Å². The van der Waals surface area contributed by atoms with E-state index in [1.54, 1.807) is 17.5 Å². The number of fused-ring (bicyclic) bond motifs is 4. The van der Waals surface area contributed by atoms with Gasteiger partial charge in [-0.25, -0.2) is 19.4 Å². The quantitative estimate of drug-likeness (QED) is 0.492. The Morgan fingerprint density at radius 1 is 1.22 bits per heavy atom. The van der Waals surface area contributed by atoms with E-state index in [-0.39, 0.29) is 5.83 Å². The minimum absolute atomic E-state index is 0.263. The first-order chi connectivity index (χ1) is 15.5. The zero-order valence-corrected chi connectivity index (χ0v) is 19.2. The topological polar surface area (TPSA) is 78.0 Å². The fraction of sp³-hybridized carbons (Fsp3) is 0.435. The zero-order chi connectivity index (χ0) is 21.8. The van der Waals surface area contributed by atoms with Gasteiger partial charge in [0.1, 0.15) is 28.4 Å². The van der Waals surface area contributed by atoms with Crippen LogP contribution in [0, 0.1) is 18.8 Å². The van der Waals surface area contributed by atoms with Gasteiger partial charge in [0.15, 0.2) is 11.5 Å². The van der Waals surface area contributed by atoms with E-state index in [0.29, 0.717) is 39.8 Å². The SMILES string of the molecule is Cc1ccc(C2=C(F)C(NC3CC4CCC3CC4)NC(c3c[nH]c4ncc(Cl)nc34)=N2)s1. The van der Waals surface area contributed by atoms with Crippen LogP contribution in [-0.2, 0) is 0 Å². The second-order valence-electron chi connectivity index (χ2n) is 9.03. The molecule has 3 N–H and O–H groups in total. The van der Waals surface area contributed by atoms with Gasteiger partial charge in [0.05, 0.1) is 16.6 Å². The number of nitrogens with zero attached hydrogens (tertiary/aromatic N) is 3. The number of hydrogen-bond acceptors (Lipinski definition) is 6. The summed E-state index contributed by atoms with van der Waals surface area (Å²) < 4.78 is 15.8. The fourth-order valence-corrected chi connectivity index (χ4v) is 6.36. The third-order valence-electron chi connectivity index (χ3n) is 6.99. The minimum Gasteiger partial charge on any atom is -0.348 e. The summed E-state index contributed by atoms with van der Waals surface area (Å²) in [5.41, 5.74) is 2.33. The van der Waals surface area contributed by atoms with E-state index in [4.69, 9.17) is 16.6 Å². The van der Waals surface area contributed by atoms with Gasteiger partial charge in [-0.2, -0.15) is 0 Å². The van der Waals surface area contributed by atoms with Gasteiger partial charge in [-0.15, -0.1) is 11.3 Å². The van der Waals surface area contributed by atoms with Crippen LogP contribution < -0.4 is 10.6 Å². The molecular weight excluding hydrogens is 447 g/mol. The number of thiophene rings is 1. The Labute approximate surface area is 194 Å². The van der Waals surface area contributed by atoms with Gasteiger partial charge in [0.25, 0.3) is 0 Å². The van der Waals surface area contributed by atoms with Crippen molar-refractivity contribution in [1.29, 1.82) is 0 Å². The lowest BCUT2D eigenvalue weighted by Crippen LogP contribution is -2.56. The first kappa shape index (κ1) is 20.3. The van der Waals surface area contributed by atoms with E-state index >= 15 is 4.39 Å². The lowest BCUT2D eigenvalue weighted by atomic mass is 9.68. The molecule has 3 aromatic rings. The third kappa shape index (κ3) is 3.54. The van der Waals surface area contributed by atoms with E-state index in [9.17, 15) is 0 Å². The van der Waals surface area contributed by atoms with E-state index in [2.05, 4.69) is 25.6 Å². The molecule has 166 valence electrons. The van der Waals surface area contributed by atoms with Crippen LogP contribution in [0.2, 0.25) is 5.15 Å². The molecule has 2 atom stereocenters. The van der Waals surface area contributed by atoms with E-state index < -0.39 is 6.17 Å². The Kier molecular flexibility index (Phi) is 5.04. The average Bonchev–Trinajstić information content (AvgIpc) is 3.42. The molecule has 3 aliphatic carbocycles. The lowest BCUT2D eigenvalue weighted by Gasteiger charge is -2.44. The van der Waals surface area contributed by atoms with Gasteiger partial charge < -0.3 is 10.3 Å². The number of amidine groups is 1. The number of aryl methyl sites for hydroxylation is 1. The lowest BCUT2D eigenvalue weighted by molar-refractivity contribution is 0.115. The van der Waals surface area contributed by atoms with Gasteiger partial charge in [-0.05, 0) is 50.2 Å². The van der Waals surface area contributed by atoms with Gasteiger partial charge in [-0.1, -0.05) is 24.4 Å². The average molecular weight is 471 g/mol. The molecule has 32 heavy (non-hydrogen) atoms. The van der Waals surface area contributed by atoms with Gasteiger partial charge in [0, 0.05) is 17.1 Å². The highest BCUT2D eigenvalue weighted by Crippen LogP contribution is 2.42. The Morgan fingerprint density at radius 2 is 2.06 bits per heavy atom. The molecule has 0 spiro atoms. The number of nitrogens with one attached hydrogen (secondary N) is 3. The monoisotopic (exact) mass is 470 g/mol. The van der Waals surface area contributed by atoms with Crippen LogP contribution in [0.1, 0.15) is 47.4 Å². The number of rotatable bonds is 4. The summed E-state index contributed by atoms with van der Waals surface area (Å²) in [6.07, 6.45) is 8.85. The number of aromatic amines is 1. The summed E-state index contributed by atoms with van der Waals surface area (Å²) in [5.74, 6) is 1.67. The number of aliphatic imine (C=N–C) groups is 1. The van der Waals surface area contributed by atoms with E-state index in [1.807, 2.05) is 19.1 Å². The molecule has 1 aliphatic heterocycles. The molecule has 2 unspecified atom stereocenters. The van der Waals surface area contributed by atoms with E-state index in [0.717, 1.165) is 27.7 Å². The van der Waals surface area contributed by atoms with E-state index in [1.165, 1.54) is 31.9 Å². The number of aromatic nitrogens is 3. The molecule has 2 bridgehead atoms. The number of hydrogen-bond donors (Lipinski definition) is 3. The van der Waals surface area contributed by atoms with Crippen LogP contribution in [0.4, 0.5) is 4.39 Å². The van der Waals surface area contributed by atoms with Gasteiger partial charge in [-0.3, -0.25) is 5.32 Å². The second-order valence-corrected chi connectivity index (χ2v) is 10.7. The standard InChI is InChI=1S/C23H24ClFN6S/c1-11-2-7-16(32-11)20-18(25)22(28-15-8-12-3-5-13(15)6-4-12)31-21(30-20)14-9-26-23-19(14)29-17(24)10-27-23/h2,7,9-10,12-13,15,22,28H,3-6,8H2,1H3,(H,26,27)(H,30,31). The molecule has 4 aliphatic rings. The molecule has 4 heterocycles. The molecule has 7 rings (SSSR count). The summed E-state index contributed by atoms with van der Waals surface area (Å²) in [7, 11) is 0. The van der Waals surface area contributed by atoms with Crippen molar-refractivity contribution in [2.45, 2.75) is 51.2 Å². The minimum atomic E-state index is -0.638. The summed E-state index contributed by atoms with van der Waals surface area (Å²) in [6, 6.07) is 4.25. The smallest absolute Gasteiger partial charge is 0.164 e. The summed E-state index contributed by atoms with van der Waals surface area (Å²) >= 11 is 7.65. The number of H-pyrrole nitrogens is 1. The van der Waals surface area contributed by atoms with Crippen molar-refractivity contribution in [3.8, 4) is 0 Å². The van der Waals surface area contributed by atoms with Crippen molar-refractivity contribution in [1.82, 2.24) is 25.6 Å². The van der Waals surface area contributed by atoms with Crippen LogP contribution in [0.5, 0.6) is 0 Å². The van der Waals surface area contributed by atoms with Crippen LogP contribution in [0.3, 0.4) is 0 Å². The van der Waals surface area contributed by atoms with Gasteiger partial charge in [0.2, 0.25) is 0 Å². The van der Waals surface area contributed by atoms with Crippen molar-refractivity contribution in [3.63, 3.8) is 0 Å². The first-order valence-corrected chi connectivity index (χ1v) is 12.3. The largest absolute Gasteiger partial charge is 0.348 e. The molecule has 3 fully saturated rings. The maximum atomic E-state index is 15.8. The van der Waals surface area contributed by atoms with Crippen LogP contribution in [-0.4, -0.2) is 33.0 Å². The number of halogens is 2. The molecule has 0 aromatic carbocycles. The highest BCUT2D eigenvalue weighted by Gasteiger charge is 2.38. The molecule has 9 heteroatoms. The summed E-state index contributed by atoms with van der Waals surface area (Å²) in [6.45, 7) is 2.02. The summed E-state index contributed by atoms with van der Waals surface area (Å²) in [5, 5.41) is 7.22. The van der Waals surface area contributed by atoms with Crippen LogP contribution in [0.25, 0.3) is 16.9 Å². The van der Waals surface area contributed by atoms with Crippen LogP contribution >= 0.6 is 22.9 Å². The van der Waals surface area contributed by atoms with Crippen molar-refractivity contribution in [3.05, 3.63) is 50.8 Å². The summed E-state index contributed by atoms with van der Waals surface area (Å²) in [4.78, 5) is 18.5. The third-order valence-corrected chi connectivity index (χ3v) is 8.18. The normalized spacial score (nSPS) is 27.7. The second kappa shape index (κ2) is 7.93. The fourth-order valence-electron chi connectivity index (χ4n) is 5.37. The zero-order valence-electron chi connectivity index (χ0n) is 17.7. The molecule has 6 nitrogen and oxygen atoms in total. The van der Waals surface area contributed by atoms with Crippen molar-refractivity contribution >= 4 is 45.6 Å². The predicted octanol–water partition coefficient (Wildman–Crippen LogP) is 5.16. The molecule has 0 radical (unpaired) electrons. The Balaban J connectivity index is 1.40. The highest BCUT2D eigenvalue weighted by molar-refractivity contribution is 7.13. The molecular formula is C23H24ClFN6S. The van der Waals surface area contributed by atoms with Crippen molar-refractivity contribution in [2.75, 3.05) is 0 Å². The maximum Gasteiger partial charge on any atom is 0.164 e. The molecule has 3 saturated carbocycles. The molecule has 0 saturated heterocycles. The Hall–Kier alpha value is -2.29.